The van der Waals surface area contributed by atoms with Crippen molar-refractivity contribution < 1.29 is 19.1 Å². The van der Waals surface area contributed by atoms with E-state index in [1.807, 2.05) is 0 Å². The van der Waals surface area contributed by atoms with Crippen LogP contribution in [-0.2, 0) is 22.5 Å². The lowest BCUT2D eigenvalue weighted by Crippen LogP contribution is -2.36. The van der Waals surface area contributed by atoms with E-state index in [9.17, 15) is 9.59 Å². The third-order valence-electron chi connectivity index (χ3n) is 3.95. The molecule has 138 valence electrons. The van der Waals surface area contributed by atoms with Gasteiger partial charge in [-0.25, -0.2) is 9.78 Å². The quantitative estimate of drug-likeness (QED) is 0.832. The molecule has 0 radical (unpaired) electrons. The summed E-state index contributed by atoms with van der Waals surface area (Å²) in [6.07, 6.45) is 0.205. The minimum absolute atomic E-state index is 0.0731. The SMILES string of the molecule is COC(=O)Nc1nc2c(s1)CN(CC(=O)Nc1ccc(OC)cc1)CC2. The van der Waals surface area contributed by atoms with Crippen molar-refractivity contribution in [1.29, 1.82) is 0 Å². The molecule has 2 amide bonds. The average molecular weight is 376 g/mol. The van der Waals surface area contributed by atoms with Crippen LogP contribution >= 0.6 is 11.3 Å². The second-order valence-corrected chi connectivity index (χ2v) is 6.83. The zero-order valence-electron chi connectivity index (χ0n) is 14.6. The zero-order chi connectivity index (χ0) is 18.5. The molecule has 9 heteroatoms. The van der Waals surface area contributed by atoms with Gasteiger partial charge in [0.05, 0.1) is 26.5 Å². The minimum atomic E-state index is -0.535. The molecule has 0 saturated heterocycles. The summed E-state index contributed by atoms with van der Waals surface area (Å²) in [5, 5.41) is 5.99. The molecule has 2 heterocycles. The van der Waals surface area contributed by atoms with Crippen LogP contribution in [0.5, 0.6) is 5.75 Å². The summed E-state index contributed by atoms with van der Waals surface area (Å²) >= 11 is 1.41. The summed E-state index contributed by atoms with van der Waals surface area (Å²) in [6.45, 7) is 1.67. The van der Waals surface area contributed by atoms with Gasteiger partial charge in [-0.05, 0) is 24.3 Å². The van der Waals surface area contributed by atoms with E-state index in [0.29, 0.717) is 18.2 Å². The number of carbonyl (C=O) groups is 2. The first-order valence-corrected chi connectivity index (χ1v) is 8.89. The van der Waals surface area contributed by atoms with Crippen molar-refractivity contribution in [3.05, 3.63) is 34.8 Å². The number of anilines is 2. The predicted octanol–water partition coefficient (Wildman–Crippen LogP) is 2.33. The summed E-state index contributed by atoms with van der Waals surface area (Å²) < 4.78 is 9.68. The standard InChI is InChI=1S/C17H20N4O4S/c1-24-12-5-3-11(4-6-12)18-15(22)10-21-8-7-13-14(9-21)26-16(19-13)20-17(23)25-2/h3-6H,7-10H2,1-2H3,(H,18,22)(H,19,20,23). The molecular formula is C17H20N4O4S. The lowest BCUT2D eigenvalue weighted by molar-refractivity contribution is -0.117. The van der Waals surface area contributed by atoms with Crippen LogP contribution in [-0.4, -0.2) is 49.2 Å². The van der Waals surface area contributed by atoms with Gasteiger partial charge in [-0.1, -0.05) is 11.3 Å². The monoisotopic (exact) mass is 376 g/mol. The number of ether oxygens (including phenoxy) is 2. The normalized spacial score (nSPS) is 13.6. The molecule has 1 aromatic heterocycles. The van der Waals surface area contributed by atoms with Gasteiger partial charge in [-0.15, -0.1) is 0 Å². The lowest BCUT2D eigenvalue weighted by atomic mass is 10.2. The second kappa shape index (κ2) is 8.15. The Labute approximate surface area is 155 Å². The highest BCUT2D eigenvalue weighted by Crippen LogP contribution is 2.28. The van der Waals surface area contributed by atoms with Crippen molar-refractivity contribution >= 4 is 34.2 Å². The summed E-state index contributed by atoms with van der Waals surface area (Å²) in [7, 11) is 2.91. The highest BCUT2D eigenvalue weighted by atomic mass is 32.1. The first kappa shape index (κ1) is 18.2. The highest BCUT2D eigenvalue weighted by Gasteiger charge is 2.23. The van der Waals surface area contributed by atoms with Gasteiger partial charge < -0.3 is 14.8 Å². The van der Waals surface area contributed by atoms with Gasteiger partial charge in [0.15, 0.2) is 5.13 Å². The lowest BCUT2D eigenvalue weighted by Gasteiger charge is -2.25. The summed E-state index contributed by atoms with van der Waals surface area (Å²) in [5.41, 5.74) is 1.70. The molecular weight excluding hydrogens is 356 g/mol. The van der Waals surface area contributed by atoms with E-state index >= 15 is 0 Å². The third kappa shape index (κ3) is 4.50. The molecule has 2 aromatic rings. The smallest absolute Gasteiger partial charge is 0.413 e. The van der Waals surface area contributed by atoms with E-state index in [0.717, 1.165) is 35.0 Å². The minimum Gasteiger partial charge on any atom is -0.497 e. The van der Waals surface area contributed by atoms with Crippen molar-refractivity contribution in [3.8, 4) is 5.75 Å². The molecule has 0 saturated carbocycles. The summed E-state index contributed by atoms with van der Waals surface area (Å²) in [5.74, 6) is 0.671. The number of fused-ring (bicyclic) bond motifs is 1. The van der Waals surface area contributed by atoms with Gasteiger partial charge >= 0.3 is 6.09 Å². The second-order valence-electron chi connectivity index (χ2n) is 5.74. The zero-order valence-corrected chi connectivity index (χ0v) is 15.4. The Balaban J connectivity index is 1.54. The highest BCUT2D eigenvalue weighted by molar-refractivity contribution is 7.15. The average Bonchev–Trinajstić information content (AvgIpc) is 3.03. The fraction of sp³-hybridized carbons (Fsp3) is 0.353. The van der Waals surface area contributed by atoms with Crippen LogP contribution in [0.1, 0.15) is 10.6 Å². The Morgan fingerprint density at radius 3 is 2.69 bits per heavy atom. The molecule has 3 rings (SSSR count). The molecule has 2 N–H and O–H groups in total. The molecule has 1 aliphatic rings. The fourth-order valence-electron chi connectivity index (χ4n) is 2.65. The van der Waals surface area contributed by atoms with Gasteiger partial charge in [-0.2, -0.15) is 0 Å². The van der Waals surface area contributed by atoms with E-state index < -0.39 is 6.09 Å². The number of aromatic nitrogens is 1. The van der Waals surface area contributed by atoms with Gasteiger partial charge in [0.1, 0.15) is 5.75 Å². The van der Waals surface area contributed by atoms with Gasteiger partial charge in [-0.3, -0.25) is 15.0 Å². The van der Waals surface area contributed by atoms with Crippen molar-refractivity contribution in [2.24, 2.45) is 0 Å². The van der Waals surface area contributed by atoms with Crippen LogP contribution < -0.4 is 15.4 Å². The number of nitrogens with zero attached hydrogens (tertiary/aromatic N) is 2. The third-order valence-corrected chi connectivity index (χ3v) is 4.94. The topological polar surface area (TPSA) is 92.8 Å². The molecule has 26 heavy (non-hydrogen) atoms. The first-order chi connectivity index (χ1) is 12.6. The molecule has 1 aliphatic heterocycles. The molecule has 0 fully saturated rings. The van der Waals surface area contributed by atoms with Crippen molar-refractivity contribution in [2.75, 3.05) is 37.9 Å². The number of amides is 2. The first-order valence-electron chi connectivity index (χ1n) is 8.07. The van der Waals surface area contributed by atoms with Gasteiger partial charge in [0, 0.05) is 30.1 Å². The number of hydrogen-bond donors (Lipinski definition) is 2. The van der Waals surface area contributed by atoms with Crippen LogP contribution in [0.4, 0.5) is 15.6 Å². The number of thiazole rings is 1. The van der Waals surface area contributed by atoms with Crippen LogP contribution in [0.2, 0.25) is 0 Å². The Morgan fingerprint density at radius 1 is 1.23 bits per heavy atom. The molecule has 0 aliphatic carbocycles. The van der Waals surface area contributed by atoms with E-state index in [1.165, 1.54) is 18.4 Å². The van der Waals surface area contributed by atoms with E-state index in [-0.39, 0.29) is 5.91 Å². The summed E-state index contributed by atoms with van der Waals surface area (Å²) in [4.78, 5) is 31.1. The van der Waals surface area contributed by atoms with Gasteiger partial charge in [0.25, 0.3) is 0 Å². The van der Waals surface area contributed by atoms with Crippen LogP contribution in [0.15, 0.2) is 24.3 Å². The number of carbonyl (C=O) groups excluding carboxylic acids is 2. The summed E-state index contributed by atoms with van der Waals surface area (Å²) in [6, 6.07) is 7.21. The number of methoxy groups -OCH3 is 2. The van der Waals surface area contributed by atoms with Crippen molar-refractivity contribution in [1.82, 2.24) is 9.88 Å². The Hall–Kier alpha value is -2.65. The van der Waals surface area contributed by atoms with Crippen LogP contribution in [0.25, 0.3) is 0 Å². The molecule has 0 bridgehead atoms. The molecule has 0 unspecified atom stereocenters. The van der Waals surface area contributed by atoms with E-state index in [4.69, 9.17) is 4.74 Å². The van der Waals surface area contributed by atoms with Crippen LogP contribution in [0, 0.1) is 0 Å². The van der Waals surface area contributed by atoms with E-state index in [2.05, 4.69) is 25.3 Å². The van der Waals surface area contributed by atoms with Crippen LogP contribution in [0.3, 0.4) is 0 Å². The molecule has 1 aromatic carbocycles. The van der Waals surface area contributed by atoms with E-state index in [1.54, 1.807) is 31.4 Å². The maximum atomic E-state index is 12.3. The van der Waals surface area contributed by atoms with Crippen molar-refractivity contribution in [3.63, 3.8) is 0 Å². The molecule has 0 atom stereocenters. The number of rotatable bonds is 5. The number of nitrogens with one attached hydrogen (secondary N) is 2. The Bertz CT molecular complexity index is 791. The number of hydrogen-bond acceptors (Lipinski definition) is 7. The Kier molecular flexibility index (Phi) is 5.69. The molecule has 8 nitrogen and oxygen atoms in total. The van der Waals surface area contributed by atoms with Gasteiger partial charge in [0.2, 0.25) is 5.91 Å². The maximum absolute atomic E-state index is 12.3. The molecule has 0 spiro atoms. The fourth-order valence-corrected chi connectivity index (χ4v) is 3.69. The Morgan fingerprint density at radius 2 is 2.00 bits per heavy atom. The maximum Gasteiger partial charge on any atom is 0.413 e. The number of benzene rings is 1. The largest absolute Gasteiger partial charge is 0.497 e. The van der Waals surface area contributed by atoms with Crippen molar-refractivity contribution in [2.45, 2.75) is 13.0 Å². The predicted molar refractivity (Wildman–Crippen MR) is 98.7 cm³/mol.